The first-order valence-electron chi connectivity index (χ1n) is 3.13. The molecule has 0 aromatic heterocycles. The normalized spacial score (nSPS) is 12.5. The maximum absolute atomic E-state index is 10.2. The second-order valence-corrected chi connectivity index (χ2v) is 4.60. The Morgan fingerprint density at radius 1 is 1.55 bits per heavy atom. The Hall–Kier alpha value is -0.600. The predicted molar refractivity (Wildman–Crippen MR) is 40.4 cm³/mol. The molecule has 0 aliphatic carbocycles. The van der Waals surface area contributed by atoms with Crippen LogP contribution in [0.1, 0.15) is 20.3 Å². The minimum Gasteiger partial charge on any atom is -0.286 e. The zero-order valence-electron chi connectivity index (χ0n) is 6.53. The summed E-state index contributed by atoms with van der Waals surface area (Å²) in [6.07, 6.45) is 0.155. The highest BCUT2D eigenvalue weighted by Crippen LogP contribution is 2.18. The molecule has 0 amide bonds. The van der Waals surface area contributed by atoms with Crippen LogP contribution >= 0.6 is 0 Å². The Bertz CT molecular complexity index is 260. The average Bonchev–Trinajstić information content (AvgIpc) is 1.83. The number of nitrogens with zero attached hydrogens (tertiary/aromatic N) is 1. The Morgan fingerprint density at radius 2 is 2.00 bits per heavy atom. The molecule has 0 atom stereocenters. The molecule has 0 rings (SSSR count). The van der Waals surface area contributed by atoms with Gasteiger partial charge in [-0.15, -0.1) is 0 Å². The van der Waals surface area contributed by atoms with E-state index < -0.39 is 15.5 Å². The van der Waals surface area contributed by atoms with Crippen molar-refractivity contribution in [3.8, 4) is 6.07 Å². The predicted octanol–water partition coefficient (Wildman–Crippen LogP) is 0.814. The molecule has 0 spiro atoms. The summed E-state index contributed by atoms with van der Waals surface area (Å²) in [5.74, 6) is -0.354. The zero-order valence-corrected chi connectivity index (χ0v) is 7.35. The van der Waals surface area contributed by atoms with Crippen molar-refractivity contribution in [2.45, 2.75) is 20.3 Å². The van der Waals surface area contributed by atoms with Gasteiger partial charge in [0, 0.05) is 0 Å². The third-order valence-electron chi connectivity index (χ3n) is 1.29. The second kappa shape index (κ2) is 3.20. The van der Waals surface area contributed by atoms with Crippen molar-refractivity contribution in [2.75, 3.05) is 5.75 Å². The summed E-state index contributed by atoms with van der Waals surface area (Å²) in [5.41, 5.74) is -0.685. The lowest BCUT2D eigenvalue weighted by Crippen LogP contribution is -2.15. The Kier molecular flexibility index (Phi) is 3.02. The first-order chi connectivity index (χ1) is 4.77. The molecule has 0 aromatic rings. The standard InChI is InChI=1S/C6H11NO3S/c1-6(2,5-7)3-4-11(8,9)10/h3-4H2,1-2H3,(H,8,9,10). The van der Waals surface area contributed by atoms with Crippen LogP contribution in [-0.2, 0) is 10.1 Å². The Morgan fingerprint density at radius 3 is 2.27 bits per heavy atom. The van der Waals surface area contributed by atoms with E-state index in [2.05, 4.69) is 0 Å². The second-order valence-electron chi connectivity index (χ2n) is 3.03. The lowest BCUT2D eigenvalue weighted by Gasteiger charge is -2.12. The van der Waals surface area contributed by atoms with E-state index in [-0.39, 0.29) is 12.2 Å². The van der Waals surface area contributed by atoms with E-state index >= 15 is 0 Å². The molecule has 11 heavy (non-hydrogen) atoms. The highest BCUT2D eigenvalue weighted by atomic mass is 32.2. The van der Waals surface area contributed by atoms with Crippen LogP contribution in [0.5, 0.6) is 0 Å². The SMILES string of the molecule is CC(C)(C#N)CCS(=O)(=O)O. The quantitative estimate of drug-likeness (QED) is 0.647. The van der Waals surface area contributed by atoms with Crippen LogP contribution in [0.15, 0.2) is 0 Å². The topological polar surface area (TPSA) is 78.2 Å². The van der Waals surface area contributed by atoms with E-state index in [1.54, 1.807) is 13.8 Å². The fourth-order valence-corrected chi connectivity index (χ4v) is 1.21. The maximum Gasteiger partial charge on any atom is 0.264 e. The minimum atomic E-state index is -3.92. The minimum absolute atomic E-state index is 0.155. The van der Waals surface area contributed by atoms with Gasteiger partial charge in [-0.1, -0.05) is 0 Å². The van der Waals surface area contributed by atoms with Gasteiger partial charge in [0.1, 0.15) is 0 Å². The van der Waals surface area contributed by atoms with Crippen LogP contribution in [0, 0.1) is 16.7 Å². The van der Waals surface area contributed by atoms with Gasteiger partial charge in [0.05, 0.1) is 17.2 Å². The molecule has 0 fully saturated rings. The summed E-state index contributed by atoms with van der Waals surface area (Å²) in [5, 5.41) is 8.46. The molecule has 0 radical (unpaired) electrons. The van der Waals surface area contributed by atoms with E-state index in [9.17, 15) is 8.42 Å². The lowest BCUT2D eigenvalue weighted by molar-refractivity contribution is 0.443. The molecule has 0 aliphatic rings. The Labute approximate surface area is 66.6 Å². The molecule has 0 heterocycles. The van der Waals surface area contributed by atoms with Crippen molar-refractivity contribution in [1.82, 2.24) is 0 Å². The van der Waals surface area contributed by atoms with Crippen molar-refractivity contribution in [2.24, 2.45) is 5.41 Å². The first-order valence-corrected chi connectivity index (χ1v) is 4.74. The number of nitriles is 1. The largest absolute Gasteiger partial charge is 0.286 e. The van der Waals surface area contributed by atoms with Crippen LogP contribution in [0.4, 0.5) is 0 Å². The maximum atomic E-state index is 10.2. The molecule has 4 nitrogen and oxygen atoms in total. The lowest BCUT2D eigenvalue weighted by atomic mass is 9.93. The van der Waals surface area contributed by atoms with Crippen molar-refractivity contribution in [3.05, 3.63) is 0 Å². The van der Waals surface area contributed by atoms with E-state index in [1.807, 2.05) is 6.07 Å². The van der Waals surface area contributed by atoms with Crippen LogP contribution in [0.2, 0.25) is 0 Å². The highest BCUT2D eigenvalue weighted by Gasteiger charge is 2.19. The molecular formula is C6H11NO3S. The number of rotatable bonds is 3. The van der Waals surface area contributed by atoms with Crippen LogP contribution in [0.3, 0.4) is 0 Å². The van der Waals surface area contributed by atoms with Crippen molar-refractivity contribution in [3.63, 3.8) is 0 Å². The average molecular weight is 177 g/mol. The summed E-state index contributed by atoms with van der Waals surface area (Å²) < 4.78 is 28.8. The van der Waals surface area contributed by atoms with Crippen LogP contribution in [0.25, 0.3) is 0 Å². The first kappa shape index (κ1) is 10.4. The monoisotopic (exact) mass is 177 g/mol. The third-order valence-corrected chi connectivity index (χ3v) is 2.01. The molecule has 64 valence electrons. The fourth-order valence-electron chi connectivity index (χ4n) is 0.440. The summed E-state index contributed by atoms with van der Waals surface area (Å²) in [7, 11) is -3.92. The smallest absolute Gasteiger partial charge is 0.264 e. The molecule has 0 unspecified atom stereocenters. The van der Waals surface area contributed by atoms with Gasteiger partial charge in [0.25, 0.3) is 10.1 Å². The van der Waals surface area contributed by atoms with Gasteiger partial charge in [-0.05, 0) is 20.3 Å². The van der Waals surface area contributed by atoms with Gasteiger partial charge >= 0.3 is 0 Å². The molecule has 0 aromatic carbocycles. The van der Waals surface area contributed by atoms with Gasteiger partial charge in [-0.25, -0.2) is 0 Å². The zero-order chi connectivity index (χ0) is 9.12. The molecular weight excluding hydrogens is 166 g/mol. The fraction of sp³-hybridized carbons (Fsp3) is 0.833. The van der Waals surface area contributed by atoms with E-state index in [0.29, 0.717) is 0 Å². The number of hydrogen-bond acceptors (Lipinski definition) is 3. The molecule has 0 saturated heterocycles. The van der Waals surface area contributed by atoms with Gasteiger partial charge in [0.15, 0.2) is 0 Å². The van der Waals surface area contributed by atoms with Crippen molar-refractivity contribution < 1.29 is 13.0 Å². The molecule has 5 heteroatoms. The molecule has 1 N–H and O–H groups in total. The van der Waals surface area contributed by atoms with E-state index in [4.69, 9.17) is 9.81 Å². The van der Waals surface area contributed by atoms with Gasteiger partial charge < -0.3 is 0 Å². The highest BCUT2D eigenvalue weighted by molar-refractivity contribution is 7.85. The molecule has 0 saturated carbocycles. The molecule has 0 bridgehead atoms. The summed E-state index contributed by atoms with van der Waals surface area (Å²) in [4.78, 5) is 0. The number of hydrogen-bond donors (Lipinski definition) is 1. The van der Waals surface area contributed by atoms with Gasteiger partial charge in [-0.2, -0.15) is 13.7 Å². The van der Waals surface area contributed by atoms with E-state index in [0.717, 1.165) is 0 Å². The summed E-state index contributed by atoms with van der Waals surface area (Å²) >= 11 is 0. The molecule has 0 aliphatic heterocycles. The van der Waals surface area contributed by atoms with Crippen molar-refractivity contribution >= 4 is 10.1 Å². The Balaban J connectivity index is 4.03. The van der Waals surface area contributed by atoms with Crippen molar-refractivity contribution in [1.29, 1.82) is 5.26 Å². The van der Waals surface area contributed by atoms with Gasteiger partial charge in [0.2, 0.25) is 0 Å². The summed E-state index contributed by atoms with van der Waals surface area (Å²) in [6, 6.07) is 1.94. The van der Waals surface area contributed by atoms with Crippen LogP contribution in [-0.4, -0.2) is 18.7 Å². The van der Waals surface area contributed by atoms with E-state index in [1.165, 1.54) is 0 Å². The third kappa shape index (κ3) is 5.83. The summed E-state index contributed by atoms with van der Waals surface area (Å²) in [6.45, 7) is 3.25. The van der Waals surface area contributed by atoms with Crippen LogP contribution < -0.4 is 0 Å². The van der Waals surface area contributed by atoms with Gasteiger partial charge in [-0.3, -0.25) is 4.55 Å².